The number of benzene rings is 1. The first kappa shape index (κ1) is 14.0. The maximum absolute atomic E-state index is 13.1. The topological polar surface area (TPSA) is 48.1 Å². The number of hydrogen-bond acceptors (Lipinski definition) is 3. The third-order valence-electron chi connectivity index (χ3n) is 2.63. The molecule has 100 valence electrons. The molecule has 0 bridgehead atoms. The van der Waals surface area contributed by atoms with Crippen molar-refractivity contribution in [1.29, 1.82) is 0 Å². The van der Waals surface area contributed by atoms with Gasteiger partial charge in [0, 0.05) is 18.3 Å². The summed E-state index contributed by atoms with van der Waals surface area (Å²) in [5.41, 5.74) is 7.52. The molecule has 0 saturated carbocycles. The van der Waals surface area contributed by atoms with E-state index in [1.165, 1.54) is 6.07 Å². The SMILES string of the molecule is CCc1cc(CN)cc(Oc2ccc(F)c(Br)c2)n1. The molecule has 5 heteroatoms. The van der Waals surface area contributed by atoms with Gasteiger partial charge in [-0.05, 0) is 52.2 Å². The molecule has 2 aromatic rings. The summed E-state index contributed by atoms with van der Waals surface area (Å²) in [6.45, 7) is 2.44. The van der Waals surface area contributed by atoms with E-state index in [1.807, 2.05) is 13.0 Å². The molecule has 1 aromatic heterocycles. The van der Waals surface area contributed by atoms with E-state index in [4.69, 9.17) is 10.5 Å². The Hall–Kier alpha value is -1.46. The largest absolute Gasteiger partial charge is 0.439 e. The van der Waals surface area contributed by atoms with Crippen LogP contribution >= 0.6 is 15.9 Å². The average molecular weight is 325 g/mol. The van der Waals surface area contributed by atoms with E-state index in [1.54, 1.807) is 18.2 Å². The molecular formula is C14H14BrFN2O. The van der Waals surface area contributed by atoms with Crippen LogP contribution in [0.4, 0.5) is 4.39 Å². The summed E-state index contributed by atoms with van der Waals surface area (Å²) >= 11 is 3.12. The number of pyridine rings is 1. The summed E-state index contributed by atoms with van der Waals surface area (Å²) in [4.78, 5) is 4.36. The van der Waals surface area contributed by atoms with Gasteiger partial charge in [-0.25, -0.2) is 9.37 Å². The molecule has 3 nitrogen and oxygen atoms in total. The first-order valence-corrected chi connectivity index (χ1v) is 6.74. The number of hydrogen-bond donors (Lipinski definition) is 1. The summed E-state index contributed by atoms with van der Waals surface area (Å²) in [6.07, 6.45) is 0.803. The van der Waals surface area contributed by atoms with E-state index < -0.39 is 0 Å². The van der Waals surface area contributed by atoms with Crippen molar-refractivity contribution < 1.29 is 9.13 Å². The van der Waals surface area contributed by atoms with Crippen LogP contribution in [-0.2, 0) is 13.0 Å². The molecule has 2 N–H and O–H groups in total. The van der Waals surface area contributed by atoms with E-state index in [-0.39, 0.29) is 5.82 Å². The summed E-state index contributed by atoms with van der Waals surface area (Å²) in [6, 6.07) is 8.21. The van der Waals surface area contributed by atoms with Crippen LogP contribution < -0.4 is 10.5 Å². The van der Waals surface area contributed by atoms with Gasteiger partial charge in [0.05, 0.1) is 4.47 Å². The molecule has 0 saturated heterocycles. The lowest BCUT2D eigenvalue weighted by atomic mass is 10.2. The van der Waals surface area contributed by atoms with Gasteiger partial charge in [-0.3, -0.25) is 0 Å². The lowest BCUT2D eigenvalue weighted by Gasteiger charge is -2.09. The number of nitrogens with two attached hydrogens (primary N) is 1. The Morgan fingerprint density at radius 1 is 1.32 bits per heavy atom. The first-order chi connectivity index (χ1) is 9.12. The molecule has 0 radical (unpaired) electrons. The second kappa shape index (κ2) is 6.12. The maximum atomic E-state index is 13.1. The summed E-state index contributed by atoms with van der Waals surface area (Å²) in [5.74, 6) is 0.667. The predicted octanol–water partition coefficient (Wildman–Crippen LogP) is 3.80. The van der Waals surface area contributed by atoms with Crippen molar-refractivity contribution in [3.63, 3.8) is 0 Å². The number of aromatic nitrogens is 1. The highest BCUT2D eigenvalue weighted by molar-refractivity contribution is 9.10. The van der Waals surface area contributed by atoms with Gasteiger partial charge in [0.25, 0.3) is 0 Å². The zero-order valence-electron chi connectivity index (χ0n) is 10.5. The van der Waals surface area contributed by atoms with Crippen molar-refractivity contribution in [3.05, 3.63) is 51.9 Å². The molecule has 0 unspecified atom stereocenters. The highest BCUT2D eigenvalue weighted by atomic mass is 79.9. The van der Waals surface area contributed by atoms with Crippen molar-refractivity contribution >= 4 is 15.9 Å². The minimum atomic E-state index is -0.328. The van der Waals surface area contributed by atoms with E-state index in [0.29, 0.717) is 22.6 Å². The van der Waals surface area contributed by atoms with Crippen molar-refractivity contribution in [3.8, 4) is 11.6 Å². The molecule has 0 spiro atoms. The number of nitrogens with zero attached hydrogens (tertiary/aromatic N) is 1. The van der Waals surface area contributed by atoms with Crippen LogP contribution in [0.3, 0.4) is 0 Å². The number of rotatable bonds is 4. The number of halogens is 2. The molecule has 0 aliphatic carbocycles. The van der Waals surface area contributed by atoms with Crippen molar-refractivity contribution in [2.45, 2.75) is 19.9 Å². The summed E-state index contributed by atoms with van der Waals surface area (Å²) in [7, 11) is 0. The highest BCUT2D eigenvalue weighted by Gasteiger charge is 2.06. The van der Waals surface area contributed by atoms with Crippen LogP contribution in [0.25, 0.3) is 0 Å². The molecule has 2 rings (SSSR count). The maximum Gasteiger partial charge on any atom is 0.219 e. The predicted molar refractivity (Wildman–Crippen MR) is 75.7 cm³/mol. The van der Waals surface area contributed by atoms with Gasteiger partial charge < -0.3 is 10.5 Å². The molecule has 0 amide bonds. The molecule has 1 aromatic carbocycles. The second-order valence-corrected chi connectivity index (χ2v) is 4.89. The fourth-order valence-electron chi connectivity index (χ4n) is 1.63. The van der Waals surface area contributed by atoms with E-state index in [2.05, 4.69) is 20.9 Å². The molecular weight excluding hydrogens is 311 g/mol. The number of aryl methyl sites for hydroxylation is 1. The van der Waals surface area contributed by atoms with Crippen LogP contribution in [0.5, 0.6) is 11.6 Å². The molecule has 0 atom stereocenters. The fourth-order valence-corrected chi connectivity index (χ4v) is 1.99. The monoisotopic (exact) mass is 324 g/mol. The van der Waals surface area contributed by atoms with Crippen molar-refractivity contribution in [2.75, 3.05) is 0 Å². The lowest BCUT2D eigenvalue weighted by molar-refractivity contribution is 0.458. The molecule has 0 aliphatic rings. The Morgan fingerprint density at radius 3 is 2.74 bits per heavy atom. The lowest BCUT2D eigenvalue weighted by Crippen LogP contribution is -2.00. The summed E-state index contributed by atoms with van der Waals surface area (Å²) < 4.78 is 19.1. The third kappa shape index (κ3) is 3.52. The first-order valence-electron chi connectivity index (χ1n) is 5.95. The second-order valence-electron chi connectivity index (χ2n) is 4.04. The fraction of sp³-hybridized carbons (Fsp3) is 0.214. The van der Waals surface area contributed by atoms with Gasteiger partial charge in [0.15, 0.2) is 0 Å². The standard InChI is InChI=1S/C14H14BrFN2O/c1-2-10-5-9(8-17)6-14(18-10)19-11-3-4-13(16)12(15)7-11/h3-7H,2,8,17H2,1H3. The van der Waals surface area contributed by atoms with Gasteiger partial charge in [0.1, 0.15) is 11.6 Å². The van der Waals surface area contributed by atoms with Crippen LogP contribution in [0, 0.1) is 5.82 Å². The van der Waals surface area contributed by atoms with E-state index >= 15 is 0 Å². The summed E-state index contributed by atoms with van der Waals surface area (Å²) in [5, 5.41) is 0. The third-order valence-corrected chi connectivity index (χ3v) is 3.23. The Kier molecular flexibility index (Phi) is 4.50. The zero-order valence-corrected chi connectivity index (χ0v) is 12.1. The number of ether oxygens (including phenoxy) is 1. The Morgan fingerprint density at radius 2 is 2.11 bits per heavy atom. The van der Waals surface area contributed by atoms with Crippen LogP contribution in [-0.4, -0.2) is 4.98 Å². The molecule has 1 heterocycles. The van der Waals surface area contributed by atoms with E-state index in [0.717, 1.165) is 17.7 Å². The van der Waals surface area contributed by atoms with E-state index in [9.17, 15) is 4.39 Å². The average Bonchev–Trinajstić information content (AvgIpc) is 2.42. The van der Waals surface area contributed by atoms with Crippen LogP contribution in [0.2, 0.25) is 0 Å². The van der Waals surface area contributed by atoms with Gasteiger partial charge in [-0.1, -0.05) is 6.92 Å². The molecule has 0 aliphatic heterocycles. The quantitative estimate of drug-likeness (QED) is 0.930. The van der Waals surface area contributed by atoms with Crippen molar-refractivity contribution in [1.82, 2.24) is 4.98 Å². The normalized spacial score (nSPS) is 10.5. The molecule has 0 fully saturated rings. The van der Waals surface area contributed by atoms with Gasteiger partial charge >= 0.3 is 0 Å². The minimum Gasteiger partial charge on any atom is -0.439 e. The minimum absolute atomic E-state index is 0.328. The highest BCUT2D eigenvalue weighted by Crippen LogP contribution is 2.26. The van der Waals surface area contributed by atoms with Crippen LogP contribution in [0.15, 0.2) is 34.8 Å². The Bertz CT molecular complexity index is 567. The Labute approximate surface area is 119 Å². The van der Waals surface area contributed by atoms with Crippen molar-refractivity contribution in [2.24, 2.45) is 5.73 Å². The van der Waals surface area contributed by atoms with Gasteiger partial charge in [-0.2, -0.15) is 0 Å². The Balaban J connectivity index is 2.29. The smallest absolute Gasteiger partial charge is 0.219 e. The van der Waals surface area contributed by atoms with Gasteiger partial charge in [0.2, 0.25) is 5.88 Å². The zero-order chi connectivity index (χ0) is 13.8. The molecule has 19 heavy (non-hydrogen) atoms. The van der Waals surface area contributed by atoms with Gasteiger partial charge in [-0.15, -0.1) is 0 Å². The van der Waals surface area contributed by atoms with Crippen LogP contribution in [0.1, 0.15) is 18.2 Å².